The average Bonchev–Trinajstić information content (AvgIpc) is 2.82. The van der Waals surface area contributed by atoms with E-state index < -0.39 is 0 Å². The Morgan fingerprint density at radius 3 is 2.53 bits per heavy atom. The summed E-state index contributed by atoms with van der Waals surface area (Å²) in [5.41, 5.74) is 8.40. The lowest BCUT2D eigenvalue weighted by molar-refractivity contribution is 0.867. The fourth-order valence-corrected chi connectivity index (χ4v) is 2.92. The third kappa shape index (κ3) is 3.01. The van der Waals surface area contributed by atoms with Crippen molar-refractivity contribution in [2.45, 2.75) is 26.2 Å². The maximum atomic E-state index is 9.17. The van der Waals surface area contributed by atoms with Crippen molar-refractivity contribution in [2.24, 2.45) is 5.73 Å². The summed E-state index contributed by atoms with van der Waals surface area (Å²) in [5.74, 6) is 0.513. The zero-order chi connectivity index (χ0) is 13.8. The van der Waals surface area contributed by atoms with E-state index in [1.807, 2.05) is 0 Å². The highest BCUT2D eigenvalue weighted by molar-refractivity contribution is 7.15. The number of aromatic nitrogens is 1. The highest BCUT2D eigenvalue weighted by Crippen LogP contribution is 2.31. The molecular weight excluding hydrogens is 254 g/mol. The molecule has 3 nitrogen and oxygen atoms in total. The maximum absolute atomic E-state index is 9.17. The normalized spacial score (nSPS) is 10.7. The minimum absolute atomic E-state index is 0.505. The van der Waals surface area contributed by atoms with Crippen LogP contribution in [-0.4, -0.2) is 11.5 Å². The minimum atomic E-state index is 0.505. The van der Waals surface area contributed by atoms with Crippen molar-refractivity contribution in [3.63, 3.8) is 0 Å². The van der Waals surface area contributed by atoms with Gasteiger partial charge in [-0.15, -0.1) is 11.3 Å². The van der Waals surface area contributed by atoms with Crippen molar-refractivity contribution in [1.82, 2.24) is 4.98 Å². The number of hydrogen-bond donors (Lipinski definition) is 1. The summed E-state index contributed by atoms with van der Waals surface area (Å²) in [6.07, 6.45) is 0.726. The Kier molecular flexibility index (Phi) is 4.31. The quantitative estimate of drug-likeness (QED) is 0.928. The lowest BCUT2D eigenvalue weighted by Gasteiger charge is -2.05. The first-order valence-electron chi connectivity index (χ1n) is 6.36. The van der Waals surface area contributed by atoms with Crippen molar-refractivity contribution >= 4 is 11.3 Å². The number of thiazole rings is 1. The molecule has 0 aliphatic heterocycles. The molecule has 1 aromatic heterocycles. The van der Waals surface area contributed by atoms with E-state index in [-0.39, 0.29) is 0 Å². The van der Waals surface area contributed by atoms with Gasteiger partial charge in [-0.25, -0.2) is 4.98 Å². The van der Waals surface area contributed by atoms with Crippen LogP contribution in [0.3, 0.4) is 0 Å². The summed E-state index contributed by atoms with van der Waals surface area (Å²) in [5, 5.41) is 10.1. The molecule has 19 heavy (non-hydrogen) atoms. The Morgan fingerprint density at radius 1 is 1.32 bits per heavy atom. The zero-order valence-corrected chi connectivity index (χ0v) is 12.0. The van der Waals surface area contributed by atoms with E-state index in [1.54, 1.807) is 11.3 Å². The van der Waals surface area contributed by atoms with Crippen LogP contribution in [0.15, 0.2) is 24.3 Å². The molecule has 0 bridgehead atoms. The molecule has 98 valence electrons. The number of rotatable bonds is 4. The van der Waals surface area contributed by atoms with Crippen LogP contribution in [0.4, 0.5) is 0 Å². The minimum Gasteiger partial charge on any atom is -0.330 e. The Balaban J connectivity index is 2.38. The lowest BCUT2D eigenvalue weighted by Crippen LogP contribution is -2.01. The molecule has 0 radical (unpaired) electrons. The third-order valence-electron chi connectivity index (χ3n) is 2.98. The zero-order valence-electron chi connectivity index (χ0n) is 11.2. The molecule has 2 rings (SSSR count). The fourth-order valence-electron chi connectivity index (χ4n) is 1.89. The van der Waals surface area contributed by atoms with Gasteiger partial charge in [-0.1, -0.05) is 38.1 Å². The van der Waals surface area contributed by atoms with Crippen molar-refractivity contribution in [3.05, 3.63) is 40.5 Å². The Labute approximate surface area is 117 Å². The summed E-state index contributed by atoms with van der Waals surface area (Å²) in [6.45, 7) is 4.90. The number of nitriles is 1. The molecule has 0 unspecified atom stereocenters. The molecule has 0 saturated heterocycles. The third-order valence-corrected chi connectivity index (χ3v) is 4.14. The second-order valence-corrected chi connectivity index (χ2v) is 5.80. The van der Waals surface area contributed by atoms with Gasteiger partial charge in [-0.2, -0.15) is 5.26 Å². The lowest BCUT2D eigenvalue weighted by atomic mass is 10.0. The van der Waals surface area contributed by atoms with Gasteiger partial charge < -0.3 is 5.73 Å². The predicted octanol–water partition coefficient (Wildman–Crippen LogP) is 3.31. The molecule has 0 spiro atoms. The Morgan fingerprint density at radius 2 is 2.00 bits per heavy atom. The summed E-state index contributed by atoms with van der Waals surface area (Å²) < 4.78 is 0. The van der Waals surface area contributed by atoms with E-state index in [9.17, 15) is 0 Å². The predicted molar refractivity (Wildman–Crippen MR) is 79.1 cm³/mol. The van der Waals surface area contributed by atoms with Gasteiger partial charge >= 0.3 is 0 Å². The van der Waals surface area contributed by atoms with Gasteiger partial charge in [0.05, 0.1) is 9.88 Å². The molecule has 4 heteroatoms. The molecule has 0 aliphatic rings. The summed E-state index contributed by atoms with van der Waals surface area (Å²) >= 11 is 1.56. The van der Waals surface area contributed by atoms with Crippen molar-refractivity contribution in [1.29, 1.82) is 5.26 Å². The summed E-state index contributed by atoms with van der Waals surface area (Å²) in [4.78, 5) is 5.28. The second-order valence-electron chi connectivity index (χ2n) is 4.71. The molecule has 0 aliphatic carbocycles. The first-order valence-corrected chi connectivity index (χ1v) is 7.17. The number of nitrogens with zero attached hydrogens (tertiary/aromatic N) is 2. The average molecular weight is 271 g/mol. The summed E-state index contributed by atoms with van der Waals surface area (Å²) in [6, 6.07) is 10.5. The van der Waals surface area contributed by atoms with Gasteiger partial charge in [-0.05, 0) is 23.6 Å². The first kappa shape index (κ1) is 13.7. The molecule has 0 amide bonds. The highest BCUT2D eigenvalue weighted by atomic mass is 32.1. The van der Waals surface area contributed by atoms with Crippen LogP contribution in [0, 0.1) is 11.3 Å². The molecule has 0 atom stereocenters. The van der Waals surface area contributed by atoms with Crippen LogP contribution < -0.4 is 5.73 Å². The van der Waals surface area contributed by atoms with Crippen LogP contribution in [0.5, 0.6) is 0 Å². The van der Waals surface area contributed by atoms with Gasteiger partial charge in [0, 0.05) is 6.42 Å². The van der Waals surface area contributed by atoms with Crippen molar-refractivity contribution in [2.75, 3.05) is 6.54 Å². The smallest absolute Gasteiger partial charge is 0.159 e. The van der Waals surface area contributed by atoms with Gasteiger partial charge in [0.2, 0.25) is 0 Å². The highest BCUT2D eigenvalue weighted by Gasteiger charge is 2.12. The Hall–Kier alpha value is -1.70. The SMILES string of the molecule is CC(C)c1ccc(-c2sc(CCN)nc2C#N)cc1. The molecule has 0 fully saturated rings. The van der Waals surface area contributed by atoms with Crippen LogP contribution in [0.25, 0.3) is 10.4 Å². The van der Waals surface area contributed by atoms with E-state index in [1.165, 1.54) is 5.56 Å². The van der Waals surface area contributed by atoms with E-state index in [4.69, 9.17) is 11.0 Å². The molecule has 2 aromatic rings. The van der Waals surface area contributed by atoms with Crippen molar-refractivity contribution in [3.8, 4) is 16.5 Å². The number of benzene rings is 1. The maximum Gasteiger partial charge on any atom is 0.159 e. The van der Waals surface area contributed by atoms with Crippen molar-refractivity contribution < 1.29 is 0 Å². The number of hydrogen-bond acceptors (Lipinski definition) is 4. The van der Waals surface area contributed by atoms with Gasteiger partial charge in [0.1, 0.15) is 6.07 Å². The molecular formula is C15H17N3S. The molecule has 1 aromatic carbocycles. The topological polar surface area (TPSA) is 62.7 Å². The van der Waals surface area contributed by atoms with E-state index in [0.29, 0.717) is 18.2 Å². The number of nitrogens with two attached hydrogens (primary N) is 1. The largest absolute Gasteiger partial charge is 0.330 e. The van der Waals surface area contributed by atoms with E-state index >= 15 is 0 Å². The molecule has 1 heterocycles. The molecule has 0 saturated carbocycles. The van der Waals surface area contributed by atoms with E-state index in [2.05, 4.69) is 49.2 Å². The monoisotopic (exact) mass is 271 g/mol. The first-order chi connectivity index (χ1) is 9.15. The fraction of sp³-hybridized carbons (Fsp3) is 0.333. The summed E-state index contributed by atoms with van der Waals surface area (Å²) in [7, 11) is 0. The van der Waals surface area contributed by atoms with Crippen LogP contribution in [-0.2, 0) is 6.42 Å². The molecule has 2 N–H and O–H groups in total. The van der Waals surface area contributed by atoms with Gasteiger partial charge in [0.25, 0.3) is 0 Å². The van der Waals surface area contributed by atoms with Crippen LogP contribution in [0.2, 0.25) is 0 Å². The van der Waals surface area contributed by atoms with Crippen LogP contribution in [0.1, 0.15) is 36.0 Å². The van der Waals surface area contributed by atoms with E-state index in [0.717, 1.165) is 21.9 Å². The van der Waals surface area contributed by atoms with Gasteiger partial charge in [0.15, 0.2) is 5.69 Å². The van der Waals surface area contributed by atoms with Gasteiger partial charge in [-0.3, -0.25) is 0 Å². The Bertz CT molecular complexity index is 591. The standard InChI is InChI=1S/C15H17N3S/c1-10(2)11-3-5-12(6-4-11)15-13(9-17)18-14(19-15)7-8-16/h3-6,10H,7-8,16H2,1-2H3. The second kappa shape index (κ2) is 5.96. The van der Waals surface area contributed by atoms with Crippen LogP contribution >= 0.6 is 11.3 Å².